The maximum atomic E-state index is 11.1. The number of fused-ring (bicyclic) bond motifs is 3. The van der Waals surface area contributed by atoms with E-state index in [1.165, 1.54) is 21.8 Å². The summed E-state index contributed by atoms with van der Waals surface area (Å²) in [4.78, 5) is 61.4. The lowest BCUT2D eigenvalue weighted by Gasteiger charge is -2.06. The van der Waals surface area contributed by atoms with Gasteiger partial charge in [-0.3, -0.25) is 28.7 Å². The second-order valence-electron chi connectivity index (χ2n) is 7.57. The molecule has 5 heterocycles. The standard InChI is InChI=1S/C8H10N6.2C6H6N4O2/c9-11-7-5-3-1-2-4-6(5)8(12-10)14-13-7;2*1-10-4-3(7-2-8-4)5(11)9-6(10)12/h1-4H,9-10H2,(H,11,13)(H,12,14);2*2H,1H3,(H,7,8)(H,9,11,12). The fourth-order valence-electron chi connectivity index (χ4n) is 3.41. The topological polar surface area (TPSA) is 269 Å². The molecule has 6 rings (SSSR count). The average Bonchev–Trinajstić information content (AvgIpc) is 3.62. The van der Waals surface area contributed by atoms with E-state index < -0.39 is 22.5 Å². The first-order chi connectivity index (χ1) is 18.3. The van der Waals surface area contributed by atoms with Crippen molar-refractivity contribution in [2.75, 3.05) is 10.9 Å². The highest BCUT2D eigenvalue weighted by Gasteiger charge is 2.07. The number of hydrazine groups is 2. The molecule has 0 saturated heterocycles. The molecule has 0 saturated carbocycles. The number of nitrogen functional groups attached to an aromatic ring is 2. The zero-order valence-corrected chi connectivity index (χ0v) is 19.9. The molecule has 18 heteroatoms. The zero-order valence-electron chi connectivity index (χ0n) is 19.9. The highest BCUT2D eigenvalue weighted by molar-refractivity contribution is 5.97. The number of aromatic nitrogens is 10. The van der Waals surface area contributed by atoms with E-state index in [0.717, 1.165) is 10.8 Å². The molecule has 0 aliphatic heterocycles. The summed E-state index contributed by atoms with van der Waals surface area (Å²) in [5, 5.41) is 9.48. The van der Waals surface area contributed by atoms with Gasteiger partial charge in [0.15, 0.2) is 22.9 Å². The number of H-pyrrole nitrogens is 4. The van der Waals surface area contributed by atoms with E-state index in [-0.39, 0.29) is 0 Å². The molecule has 0 unspecified atom stereocenters. The van der Waals surface area contributed by atoms with Crippen LogP contribution in [0.3, 0.4) is 0 Å². The highest BCUT2D eigenvalue weighted by atomic mass is 16.2. The molecular weight excluding hydrogens is 500 g/mol. The van der Waals surface area contributed by atoms with Gasteiger partial charge in [0.1, 0.15) is 11.0 Å². The molecule has 5 aromatic heterocycles. The van der Waals surface area contributed by atoms with Gasteiger partial charge in [-0.05, 0) is 0 Å². The fourth-order valence-corrected chi connectivity index (χ4v) is 3.41. The summed E-state index contributed by atoms with van der Waals surface area (Å²) in [5.41, 5.74) is 4.52. The summed E-state index contributed by atoms with van der Waals surface area (Å²) >= 11 is 0. The molecule has 196 valence electrons. The lowest BCUT2D eigenvalue weighted by Crippen LogP contribution is -2.28. The number of hydrogen-bond donors (Lipinski definition) is 8. The first-order valence-electron chi connectivity index (χ1n) is 10.7. The van der Waals surface area contributed by atoms with Crippen molar-refractivity contribution in [3.05, 3.63) is 78.6 Å². The van der Waals surface area contributed by atoms with Gasteiger partial charge in [-0.1, -0.05) is 24.3 Å². The van der Waals surface area contributed by atoms with Gasteiger partial charge in [0.2, 0.25) is 0 Å². The molecule has 0 bridgehead atoms. The Labute approximate surface area is 209 Å². The summed E-state index contributed by atoms with van der Waals surface area (Å²) < 4.78 is 2.54. The van der Waals surface area contributed by atoms with Gasteiger partial charge >= 0.3 is 11.4 Å². The molecule has 18 nitrogen and oxygen atoms in total. The van der Waals surface area contributed by atoms with Crippen molar-refractivity contribution in [3.63, 3.8) is 0 Å². The molecule has 0 spiro atoms. The third-order valence-corrected chi connectivity index (χ3v) is 5.34. The van der Waals surface area contributed by atoms with Crippen LogP contribution < -0.4 is 45.0 Å². The Balaban J connectivity index is 0.000000133. The molecule has 1 aromatic carbocycles. The SMILES string of the molecule is Cn1c(=O)[nH]c(=O)c2[nH]cnc21.Cn1c(=O)[nH]c(=O)c2[nH]cnc21.NNc1nnc(NN)c2ccccc12. The molecule has 0 fully saturated rings. The Hall–Kier alpha value is -5.62. The molecule has 38 heavy (non-hydrogen) atoms. The van der Waals surface area contributed by atoms with Gasteiger partial charge in [-0.25, -0.2) is 31.2 Å². The predicted octanol–water partition coefficient (Wildman–Crippen LogP) is -1.90. The average molecular weight is 522 g/mol. The van der Waals surface area contributed by atoms with Crippen molar-refractivity contribution in [1.82, 2.24) is 49.2 Å². The number of nitrogens with zero attached hydrogens (tertiary/aromatic N) is 6. The van der Waals surface area contributed by atoms with Gasteiger partial charge < -0.3 is 20.8 Å². The fraction of sp³-hybridized carbons (Fsp3) is 0.100. The molecule has 0 aliphatic carbocycles. The number of benzene rings is 1. The van der Waals surface area contributed by atoms with E-state index in [1.54, 1.807) is 14.1 Å². The Kier molecular flexibility index (Phi) is 7.08. The van der Waals surface area contributed by atoms with Crippen molar-refractivity contribution in [2.45, 2.75) is 0 Å². The van der Waals surface area contributed by atoms with Crippen LogP contribution in [-0.4, -0.2) is 49.2 Å². The van der Waals surface area contributed by atoms with E-state index >= 15 is 0 Å². The summed E-state index contributed by atoms with van der Waals surface area (Å²) in [6, 6.07) is 7.57. The van der Waals surface area contributed by atoms with Crippen LogP contribution >= 0.6 is 0 Å². The zero-order chi connectivity index (χ0) is 27.4. The van der Waals surface area contributed by atoms with Gasteiger partial charge in [-0.15, -0.1) is 10.2 Å². The normalized spacial score (nSPS) is 10.5. The van der Waals surface area contributed by atoms with E-state index in [2.05, 4.69) is 51.0 Å². The second-order valence-corrected chi connectivity index (χ2v) is 7.57. The maximum absolute atomic E-state index is 11.1. The summed E-state index contributed by atoms with van der Waals surface area (Å²) in [5.74, 6) is 11.7. The summed E-state index contributed by atoms with van der Waals surface area (Å²) in [6.45, 7) is 0. The van der Waals surface area contributed by atoms with Crippen molar-refractivity contribution < 1.29 is 0 Å². The van der Waals surface area contributed by atoms with Crippen molar-refractivity contribution in [3.8, 4) is 0 Å². The molecular formula is C20H22N14O4. The van der Waals surface area contributed by atoms with Crippen LogP contribution in [0.4, 0.5) is 11.6 Å². The molecule has 0 amide bonds. The van der Waals surface area contributed by atoms with Crippen LogP contribution in [0.1, 0.15) is 0 Å². The number of nitrogens with two attached hydrogens (primary N) is 2. The predicted molar refractivity (Wildman–Crippen MR) is 139 cm³/mol. The minimum Gasteiger partial charge on any atom is -0.339 e. The van der Waals surface area contributed by atoms with E-state index in [0.29, 0.717) is 34.0 Å². The third kappa shape index (κ3) is 4.74. The Morgan fingerprint density at radius 1 is 0.711 bits per heavy atom. The minimum absolute atomic E-state index is 0.317. The largest absolute Gasteiger partial charge is 0.339 e. The van der Waals surface area contributed by atoms with Crippen molar-refractivity contribution in [1.29, 1.82) is 0 Å². The van der Waals surface area contributed by atoms with Gasteiger partial charge in [0, 0.05) is 24.9 Å². The number of anilines is 2. The van der Waals surface area contributed by atoms with E-state index in [1.807, 2.05) is 24.3 Å². The van der Waals surface area contributed by atoms with Crippen LogP contribution in [-0.2, 0) is 14.1 Å². The van der Waals surface area contributed by atoms with Crippen LogP contribution in [0.2, 0.25) is 0 Å². The quantitative estimate of drug-likeness (QED) is 0.0915. The lowest BCUT2D eigenvalue weighted by atomic mass is 10.2. The number of imidazole rings is 2. The van der Waals surface area contributed by atoms with E-state index in [4.69, 9.17) is 11.7 Å². The molecule has 0 atom stereocenters. The monoisotopic (exact) mass is 522 g/mol. The maximum Gasteiger partial charge on any atom is 0.329 e. The third-order valence-electron chi connectivity index (χ3n) is 5.34. The number of nitrogens with one attached hydrogen (secondary N) is 6. The van der Waals surface area contributed by atoms with E-state index in [9.17, 15) is 19.2 Å². The first-order valence-corrected chi connectivity index (χ1v) is 10.7. The van der Waals surface area contributed by atoms with Gasteiger partial charge in [0.05, 0.1) is 12.7 Å². The molecule has 6 aromatic rings. The first kappa shape index (κ1) is 25.5. The smallest absolute Gasteiger partial charge is 0.329 e. The number of aromatic amines is 4. The van der Waals surface area contributed by atoms with Gasteiger partial charge in [-0.2, -0.15) is 0 Å². The number of hydrogen-bond acceptors (Lipinski definition) is 12. The van der Waals surface area contributed by atoms with Crippen LogP contribution in [0.5, 0.6) is 0 Å². The minimum atomic E-state index is -0.459. The second kappa shape index (κ2) is 10.6. The summed E-state index contributed by atoms with van der Waals surface area (Å²) in [7, 11) is 3.09. The highest BCUT2D eigenvalue weighted by Crippen LogP contribution is 2.24. The van der Waals surface area contributed by atoms with Crippen LogP contribution in [0.25, 0.3) is 33.1 Å². The Bertz CT molecular complexity index is 1830. The molecule has 10 N–H and O–H groups in total. The lowest BCUT2D eigenvalue weighted by molar-refractivity contribution is 0.832. The Morgan fingerprint density at radius 2 is 1.11 bits per heavy atom. The molecule has 0 radical (unpaired) electrons. The number of aryl methyl sites for hydroxylation is 2. The Morgan fingerprint density at radius 3 is 1.47 bits per heavy atom. The number of rotatable bonds is 2. The van der Waals surface area contributed by atoms with Crippen molar-refractivity contribution in [2.24, 2.45) is 25.8 Å². The van der Waals surface area contributed by atoms with Crippen LogP contribution in [0.15, 0.2) is 56.1 Å². The van der Waals surface area contributed by atoms with Crippen LogP contribution in [0, 0.1) is 0 Å². The summed E-state index contributed by atoms with van der Waals surface area (Å²) in [6.07, 6.45) is 2.75. The van der Waals surface area contributed by atoms with Gasteiger partial charge in [0.25, 0.3) is 11.1 Å². The molecule has 0 aliphatic rings. The van der Waals surface area contributed by atoms with Crippen molar-refractivity contribution >= 4 is 44.7 Å².